The number of nitrogens with one attached hydrogen (secondary N) is 3. The van der Waals surface area contributed by atoms with Crippen LogP contribution in [0, 0.1) is 0 Å². The second kappa shape index (κ2) is 12.2. The summed E-state index contributed by atoms with van der Waals surface area (Å²) in [6.45, 7) is 4.49. The Kier molecular flexibility index (Phi) is 9.11. The van der Waals surface area contributed by atoms with Crippen LogP contribution in [0.3, 0.4) is 0 Å². The average Bonchev–Trinajstić information content (AvgIpc) is 2.81. The standard InChI is InChI=1S/C25H29ClN4O5/c1-4-11-30-16(2)21(23(31)35-13-12-34-3)22(29-25(30)33)17-7-5-9-19(14-17)27-24(32)28-20-10-6-8-18(26)15-20/h5-10,14-15,22H,4,11-13H2,1-3H3,(H,29,33)(H2,27,28,32)/t22-/m1/s1. The first kappa shape index (κ1) is 26.1. The average molecular weight is 501 g/mol. The summed E-state index contributed by atoms with van der Waals surface area (Å²) in [5.74, 6) is -0.539. The normalized spacial score (nSPS) is 15.5. The van der Waals surface area contributed by atoms with Crippen LogP contribution < -0.4 is 16.0 Å². The third kappa shape index (κ3) is 6.74. The quantitative estimate of drug-likeness (QED) is 0.334. The molecule has 0 unspecified atom stereocenters. The van der Waals surface area contributed by atoms with E-state index in [1.165, 1.54) is 12.0 Å². The Bertz CT molecular complexity index is 1120. The Balaban J connectivity index is 1.85. The first-order valence-electron chi connectivity index (χ1n) is 11.2. The van der Waals surface area contributed by atoms with Crippen molar-refractivity contribution in [1.29, 1.82) is 0 Å². The number of hydrogen-bond donors (Lipinski definition) is 3. The highest BCUT2D eigenvalue weighted by atomic mass is 35.5. The maximum absolute atomic E-state index is 13.0. The molecule has 186 valence electrons. The lowest BCUT2D eigenvalue weighted by Crippen LogP contribution is -2.48. The number of esters is 1. The fourth-order valence-corrected chi connectivity index (χ4v) is 3.93. The van der Waals surface area contributed by atoms with E-state index in [-0.39, 0.29) is 19.2 Å². The summed E-state index contributed by atoms with van der Waals surface area (Å²) in [5, 5.41) is 8.88. The van der Waals surface area contributed by atoms with Gasteiger partial charge in [-0.1, -0.05) is 36.7 Å². The SMILES string of the molecule is CCCN1C(=O)N[C@H](c2cccc(NC(=O)Nc3cccc(Cl)c3)c2)C(C(=O)OCCOC)=C1C. The van der Waals surface area contributed by atoms with Crippen molar-refractivity contribution in [3.05, 3.63) is 70.4 Å². The zero-order chi connectivity index (χ0) is 25.4. The van der Waals surface area contributed by atoms with Crippen LogP contribution >= 0.6 is 11.6 Å². The van der Waals surface area contributed by atoms with E-state index in [9.17, 15) is 14.4 Å². The number of halogens is 1. The molecule has 1 aliphatic heterocycles. The number of ether oxygens (including phenoxy) is 2. The van der Waals surface area contributed by atoms with Crippen molar-refractivity contribution >= 4 is 41.0 Å². The van der Waals surface area contributed by atoms with Crippen molar-refractivity contribution in [2.45, 2.75) is 26.3 Å². The zero-order valence-corrected chi connectivity index (χ0v) is 20.6. The molecule has 9 nitrogen and oxygen atoms in total. The predicted octanol–water partition coefficient (Wildman–Crippen LogP) is 4.92. The summed E-state index contributed by atoms with van der Waals surface area (Å²) in [6, 6.07) is 12.2. The van der Waals surface area contributed by atoms with E-state index in [1.807, 2.05) is 6.92 Å². The van der Waals surface area contributed by atoms with Gasteiger partial charge in [0.1, 0.15) is 6.61 Å². The second-order valence-electron chi connectivity index (χ2n) is 7.88. The van der Waals surface area contributed by atoms with E-state index in [4.69, 9.17) is 21.1 Å². The topological polar surface area (TPSA) is 109 Å². The molecule has 0 saturated heterocycles. The van der Waals surface area contributed by atoms with Crippen LogP contribution in [0.4, 0.5) is 21.0 Å². The first-order chi connectivity index (χ1) is 16.8. The molecule has 35 heavy (non-hydrogen) atoms. The summed E-state index contributed by atoms with van der Waals surface area (Å²) in [6.07, 6.45) is 0.725. The van der Waals surface area contributed by atoms with Crippen LogP contribution in [-0.2, 0) is 14.3 Å². The fourth-order valence-electron chi connectivity index (χ4n) is 3.74. The summed E-state index contributed by atoms with van der Waals surface area (Å²) >= 11 is 5.97. The zero-order valence-electron chi connectivity index (χ0n) is 19.9. The Labute approximate surface area is 209 Å². The number of amides is 4. The Morgan fingerprint density at radius 2 is 1.77 bits per heavy atom. The lowest BCUT2D eigenvalue weighted by molar-refractivity contribution is -0.140. The third-order valence-corrected chi connectivity index (χ3v) is 5.58. The summed E-state index contributed by atoms with van der Waals surface area (Å²) in [7, 11) is 1.52. The molecule has 1 aliphatic rings. The van der Waals surface area contributed by atoms with E-state index in [0.29, 0.717) is 39.8 Å². The molecule has 0 fully saturated rings. The fraction of sp³-hybridized carbons (Fsp3) is 0.320. The second-order valence-corrected chi connectivity index (χ2v) is 8.31. The molecule has 3 rings (SSSR count). The molecule has 4 amide bonds. The molecule has 0 spiro atoms. The van der Waals surface area contributed by atoms with Gasteiger partial charge in [0.2, 0.25) is 0 Å². The van der Waals surface area contributed by atoms with E-state index in [1.54, 1.807) is 55.5 Å². The number of carbonyl (C=O) groups is 3. The maximum Gasteiger partial charge on any atom is 0.338 e. The molecule has 1 heterocycles. The van der Waals surface area contributed by atoms with E-state index in [2.05, 4.69) is 16.0 Å². The van der Waals surface area contributed by atoms with Crippen LogP contribution in [-0.4, -0.2) is 49.8 Å². The van der Waals surface area contributed by atoms with Crippen molar-refractivity contribution in [2.75, 3.05) is 37.5 Å². The molecule has 10 heteroatoms. The minimum atomic E-state index is -0.747. The molecule has 2 aromatic carbocycles. The Hall–Kier alpha value is -3.56. The van der Waals surface area contributed by atoms with Gasteiger partial charge in [-0.25, -0.2) is 14.4 Å². The van der Waals surface area contributed by atoms with Gasteiger partial charge in [-0.05, 0) is 49.2 Å². The molecule has 1 atom stereocenters. The summed E-state index contributed by atoms with van der Waals surface area (Å²) in [5.41, 5.74) is 2.50. The predicted molar refractivity (Wildman–Crippen MR) is 134 cm³/mol. The number of carbonyl (C=O) groups excluding carboxylic acids is 3. The molecule has 3 N–H and O–H groups in total. The van der Waals surface area contributed by atoms with Crippen molar-refractivity contribution in [1.82, 2.24) is 10.2 Å². The van der Waals surface area contributed by atoms with Gasteiger partial charge < -0.3 is 25.4 Å². The highest BCUT2D eigenvalue weighted by molar-refractivity contribution is 6.30. The van der Waals surface area contributed by atoms with Crippen LogP contribution in [0.1, 0.15) is 31.9 Å². The monoisotopic (exact) mass is 500 g/mol. The summed E-state index contributed by atoms with van der Waals surface area (Å²) < 4.78 is 10.4. The van der Waals surface area contributed by atoms with Crippen molar-refractivity contribution in [2.24, 2.45) is 0 Å². The maximum atomic E-state index is 13.0. The highest BCUT2D eigenvalue weighted by Crippen LogP contribution is 2.32. The van der Waals surface area contributed by atoms with Crippen LogP contribution in [0.2, 0.25) is 5.02 Å². The van der Waals surface area contributed by atoms with Gasteiger partial charge in [-0.15, -0.1) is 0 Å². The largest absolute Gasteiger partial charge is 0.460 e. The number of anilines is 2. The summed E-state index contributed by atoms with van der Waals surface area (Å²) in [4.78, 5) is 39.8. The third-order valence-electron chi connectivity index (χ3n) is 5.34. The molecule has 0 bridgehead atoms. The van der Waals surface area contributed by atoms with Crippen LogP contribution in [0.25, 0.3) is 0 Å². The molecule has 0 saturated carbocycles. The molecule has 0 radical (unpaired) electrons. The van der Waals surface area contributed by atoms with Gasteiger partial charge in [-0.3, -0.25) is 4.90 Å². The minimum Gasteiger partial charge on any atom is -0.460 e. The van der Waals surface area contributed by atoms with Crippen molar-refractivity contribution in [3.63, 3.8) is 0 Å². The van der Waals surface area contributed by atoms with E-state index >= 15 is 0 Å². The Morgan fingerprint density at radius 1 is 1.09 bits per heavy atom. The number of rotatable bonds is 9. The molecular weight excluding hydrogens is 472 g/mol. The van der Waals surface area contributed by atoms with Gasteiger partial charge >= 0.3 is 18.0 Å². The first-order valence-corrected chi connectivity index (χ1v) is 11.6. The van der Waals surface area contributed by atoms with Gasteiger partial charge in [-0.2, -0.15) is 0 Å². The van der Waals surface area contributed by atoms with E-state index < -0.39 is 18.0 Å². The number of urea groups is 2. The van der Waals surface area contributed by atoms with Gasteiger partial charge in [0.25, 0.3) is 0 Å². The lowest BCUT2D eigenvalue weighted by atomic mass is 9.94. The number of allylic oxidation sites excluding steroid dienone is 1. The van der Waals surface area contributed by atoms with Crippen molar-refractivity contribution in [3.8, 4) is 0 Å². The van der Waals surface area contributed by atoms with Crippen LogP contribution in [0.15, 0.2) is 59.8 Å². The molecule has 2 aromatic rings. The highest BCUT2D eigenvalue weighted by Gasteiger charge is 2.36. The van der Waals surface area contributed by atoms with Crippen molar-refractivity contribution < 1.29 is 23.9 Å². The number of hydrogen-bond acceptors (Lipinski definition) is 5. The van der Waals surface area contributed by atoms with Gasteiger partial charge in [0.05, 0.1) is 18.2 Å². The number of benzene rings is 2. The smallest absolute Gasteiger partial charge is 0.338 e. The molecular formula is C25H29ClN4O5. The number of methoxy groups -OCH3 is 1. The van der Waals surface area contributed by atoms with Crippen LogP contribution in [0.5, 0.6) is 0 Å². The lowest BCUT2D eigenvalue weighted by Gasteiger charge is -2.35. The Morgan fingerprint density at radius 3 is 2.43 bits per heavy atom. The molecule has 0 aliphatic carbocycles. The number of nitrogens with zero attached hydrogens (tertiary/aromatic N) is 1. The minimum absolute atomic E-state index is 0.0891. The van der Waals surface area contributed by atoms with E-state index in [0.717, 1.165) is 6.42 Å². The molecule has 0 aromatic heterocycles. The van der Waals surface area contributed by atoms with Gasteiger partial charge in [0.15, 0.2) is 0 Å². The van der Waals surface area contributed by atoms with Gasteiger partial charge in [0, 0.05) is 35.7 Å².